The Hall–Kier alpha value is -1.79. The van der Waals surface area contributed by atoms with E-state index in [0.29, 0.717) is 5.92 Å². The minimum Gasteiger partial charge on any atom is -0.306 e. The molecule has 1 aromatic carbocycles. The van der Waals surface area contributed by atoms with Crippen LogP contribution in [0.25, 0.3) is 15.5 Å². The molecule has 114 valence electrons. The van der Waals surface area contributed by atoms with E-state index in [0.717, 1.165) is 27.9 Å². The normalized spacial score (nSPS) is 19.8. The quantitative estimate of drug-likeness (QED) is 0.730. The lowest BCUT2D eigenvalue weighted by molar-refractivity contribution is 0.244. The Morgan fingerprint density at radius 3 is 3.00 bits per heavy atom. The lowest BCUT2D eigenvalue weighted by Crippen LogP contribution is -2.31. The summed E-state index contributed by atoms with van der Waals surface area (Å²) in [7, 11) is 2.17. The Kier molecular flexibility index (Phi) is 3.43. The molecule has 1 aliphatic heterocycles. The van der Waals surface area contributed by atoms with Gasteiger partial charge in [0.25, 0.3) is 0 Å². The molecular formula is C16H19N5S. The molecule has 1 atom stereocenters. The summed E-state index contributed by atoms with van der Waals surface area (Å²) in [5, 5.41) is 14.5. The van der Waals surface area contributed by atoms with Gasteiger partial charge in [-0.1, -0.05) is 35.1 Å². The molecule has 0 amide bonds. The van der Waals surface area contributed by atoms with Crippen LogP contribution < -0.4 is 0 Å². The van der Waals surface area contributed by atoms with Crippen molar-refractivity contribution >= 4 is 16.3 Å². The maximum atomic E-state index is 4.78. The summed E-state index contributed by atoms with van der Waals surface area (Å²) >= 11 is 1.61. The summed E-state index contributed by atoms with van der Waals surface area (Å²) in [5.41, 5.74) is 2.40. The highest BCUT2D eigenvalue weighted by molar-refractivity contribution is 7.19. The van der Waals surface area contributed by atoms with E-state index in [9.17, 15) is 0 Å². The lowest BCUT2D eigenvalue weighted by atomic mass is 9.98. The third kappa shape index (κ3) is 2.42. The van der Waals surface area contributed by atoms with E-state index in [1.54, 1.807) is 11.3 Å². The Morgan fingerprint density at radius 2 is 2.18 bits per heavy atom. The van der Waals surface area contributed by atoms with Crippen molar-refractivity contribution in [3.63, 3.8) is 0 Å². The van der Waals surface area contributed by atoms with E-state index in [1.807, 2.05) is 4.52 Å². The molecule has 0 bridgehead atoms. The van der Waals surface area contributed by atoms with E-state index in [1.165, 1.54) is 24.9 Å². The highest BCUT2D eigenvalue weighted by atomic mass is 32.1. The topological polar surface area (TPSA) is 46.3 Å². The maximum Gasteiger partial charge on any atom is 0.234 e. The first-order chi connectivity index (χ1) is 10.7. The van der Waals surface area contributed by atoms with Gasteiger partial charge >= 0.3 is 0 Å². The Balaban J connectivity index is 1.73. The monoisotopic (exact) mass is 313 g/mol. The van der Waals surface area contributed by atoms with Gasteiger partial charge in [0.2, 0.25) is 4.96 Å². The molecule has 6 heteroatoms. The van der Waals surface area contributed by atoms with E-state index in [-0.39, 0.29) is 0 Å². The van der Waals surface area contributed by atoms with Crippen molar-refractivity contribution in [3.05, 3.63) is 35.7 Å². The van der Waals surface area contributed by atoms with Crippen LogP contribution in [0.3, 0.4) is 0 Å². The van der Waals surface area contributed by atoms with Gasteiger partial charge in [0.1, 0.15) is 5.01 Å². The number of nitrogens with zero attached hydrogens (tertiary/aromatic N) is 5. The molecule has 0 radical (unpaired) electrons. The van der Waals surface area contributed by atoms with Crippen molar-refractivity contribution < 1.29 is 0 Å². The van der Waals surface area contributed by atoms with Crippen LogP contribution in [-0.2, 0) is 0 Å². The summed E-state index contributed by atoms with van der Waals surface area (Å²) in [5.74, 6) is 1.44. The maximum absolute atomic E-state index is 4.78. The van der Waals surface area contributed by atoms with Crippen molar-refractivity contribution in [2.75, 3.05) is 20.1 Å². The van der Waals surface area contributed by atoms with Gasteiger partial charge in [-0.15, -0.1) is 10.2 Å². The molecule has 0 saturated carbocycles. The standard InChI is InChI=1S/C16H19N5S/c1-11-5-3-6-12(9-11)15-19-21-14(17-18-16(21)22-15)13-7-4-8-20(2)10-13/h3,5-6,9,13H,4,7-8,10H2,1-2H3. The van der Waals surface area contributed by atoms with Crippen LogP contribution in [0.5, 0.6) is 0 Å². The summed E-state index contributed by atoms with van der Waals surface area (Å²) in [4.78, 5) is 3.25. The Labute approximate surface area is 133 Å². The molecule has 3 heterocycles. The number of aryl methyl sites for hydroxylation is 1. The third-order valence-electron chi connectivity index (χ3n) is 4.27. The second-order valence-electron chi connectivity index (χ2n) is 6.13. The number of piperidine rings is 1. The molecule has 5 nitrogen and oxygen atoms in total. The molecule has 1 aliphatic rings. The Morgan fingerprint density at radius 1 is 1.27 bits per heavy atom. The van der Waals surface area contributed by atoms with Crippen molar-refractivity contribution in [1.29, 1.82) is 0 Å². The fraction of sp³-hybridized carbons (Fsp3) is 0.438. The van der Waals surface area contributed by atoms with Gasteiger partial charge in [0.15, 0.2) is 5.82 Å². The number of likely N-dealkylation sites (tertiary alicyclic amines) is 1. The molecular weight excluding hydrogens is 294 g/mol. The molecule has 22 heavy (non-hydrogen) atoms. The number of aromatic nitrogens is 4. The van der Waals surface area contributed by atoms with Crippen molar-refractivity contribution in [1.82, 2.24) is 24.7 Å². The molecule has 0 aliphatic carbocycles. The Bertz CT molecular complexity index is 806. The van der Waals surface area contributed by atoms with Crippen molar-refractivity contribution in [2.45, 2.75) is 25.7 Å². The number of likely N-dealkylation sites (N-methyl/N-ethyl adjacent to an activating group) is 1. The predicted molar refractivity (Wildman–Crippen MR) is 88.3 cm³/mol. The van der Waals surface area contributed by atoms with Gasteiger partial charge in [-0.05, 0) is 39.4 Å². The molecule has 1 fully saturated rings. The SMILES string of the molecule is Cc1cccc(-c2nn3c(C4CCCN(C)C4)nnc3s2)c1. The molecule has 0 spiro atoms. The average molecular weight is 313 g/mol. The summed E-state index contributed by atoms with van der Waals surface area (Å²) in [6.07, 6.45) is 2.38. The predicted octanol–water partition coefficient (Wildman–Crippen LogP) is 2.97. The first-order valence-corrected chi connectivity index (χ1v) is 8.50. The molecule has 1 saturated heterocycles. The zero-order valence-electron chi connectivity index (χ0n) is 12.9. The third-order valence-corrected chi connectivity index (χ3v) is 5.22. The zero-order valence-corrected chi connectivity index (χ0v) is 13.7. The van der Waals surface area contributed by atoms with E-state index in [2.05, 4.69) is 53.3 Å². The minimum atomic E-state index is 0.432. The van der Waals surface area contributed by atoms with Crippen LogP contribution in [0.1, 0.15) is 30.1 Å². The van der Waals surface area contributed by atoms with Crippen LogP contribution in [0.4, 0.5) is 0 Å². The first-order valence-electron chi connectivity index (χ1n) is 7.68. The van der Waals surface area contributed by atoms with Crippen molar-refractivity contribution in [3.8, 4) is 10.6 Å². The van der Waals surface area contributed by atoms with Crippen LogP contribution >= 0.6 is 11.3 Å². The molecule has 3 aromatic rings. The van der Waals surface area contributed by atoms with Crippen LogP contribution in [0.15, 0.2) is 24.3 Å². The number of benzene rings is 1. The smallest absolute Gasteiger partial charge is 0.234 e. The number of rotatable bonds is 2. The molecule has 2 aromatic heterocycles. The summed E-state index contributed by atoms with van der Waals surface area (Å²) < 4.78 is 1.95. The van der Waals surface area contributed by atoms with Crippen LogP contribution in [0, 0.1) is 6.92 Å². The van der Waals surface area contributed by atoms with Crippen LogP contribution in [-0.4, -0.2) is 44.8 Å². The average Bonchev–Trinajstić information content (AvgIpc) is 3.07. The van der Waals surface area contributed by atoms with Gasteiger partial charge in [0.05, 0.1) is 0 Å². The highest BCUT2D eigenvalue weighted by Gasteiger charge is 2.25. The van der Waals surface area contributed by atoms with Gasteiger partial charge < -0.3 is 4.90 Å². The summed E-state index contributed by atoms with van der Waals surface area (Å²) in [6, 6.07) is 8.45. The second kappa shape index (κ2) is 5.44. The van der Waals surface area contributed by atoms with Gasteiger partial charge in [0, 0.05) is 18.0 Å². The van der Waals surface area contributed by atoms with Crippen LogP contribution in [0.2, 0.25) is 0 Å². The van der Waals surface area contributed by atoms with Gasteiger partial charge in [-0.25, -0.2) is 0 Å². The lowest BCUT2D eigenvalue weighted by Gasteiger charge is -2.28. The van der Waals surface area contributed by atoms with E-state index >= 15 is 0 Å². The minimum absolute atomic E-state index is 0.432. The van der Waals surface area contributed by atoms with Gasteiger partial charge in [-0.3, -0.25) is 0 Å². The largest absolute Gasteiger partial charge is 0.306 e. The fourth-order valence-electron chi connectivity index (χ4n) is 3.16. The number of hydrogen-bond donors (Lipinski definition) is 0. The second-order valence-corrected chi connectivity index (χ2v) is 7.09. The van der Waals surface area contributed by atoms with Crippen molar-refractivity contribution in [2.24, 2.45) is 0 Å². The molecule has 1 unspecified atom stereocenters. The zero-order chi connectivity index (χ0) is 15.1. The highest BCUT2D eigenvalue weighted by Crippen LogP contribution is 2.30. The summed E-state index contributed by atoms with van der Waals surface area (Å²) in [6.45, 7) is 4.31. The van der Waals surface area contributed by atoms with Gasteiger partial charge in [-0.2, -0.15) is 9.61 Å². The van der Waals surface area contributed by atoms with E-state index in [4.69, 9.17) is 5.10 Å². The molecule has 0 N–H and O–H groups in total. The number of hydrogen-bond acceptors (Lipinski definition) is 5. The fourth-order valence-corrected chi connectivity index (χ4v) is 4.00. The molecule has 4 rings (SSSR count). The number of fused-ring (bicyclic) bond motifs is 1. The van der Waals surface area contributed by atoms with E-state index < -0.39 is 0 Å². The first kappa shape index (κ1) is 13.8.